The Balaban J connectivity index is 3.56. The van der Waals surface area contributed by atoms with Crippen molar-refractivity contribution in [2.75, 3.05) is 6.54 Å². The molecule has 1 rings (SSSR count). The average Bonchev–Trinajstić information content (AvgIpc) is 2.56. The third-order valence-corrected chi connectivity index (χ3v) is 5.86. The van der Waals surface area contributed by atoms with Crippen molar-refractivity contribution >= 4 is 0 Å². The van der Waals surface area contributed by atoms with E-state index >= 15 is 0 Å². The Labute approximate surface area is 169 Å². The molecule has 2 unspecified atom stereocenters. The molecule has 0 radical (unpaired) electrons. The molecule has 1 N–H and O–H groups in total. The van der Waals surface area contributed by atoms with E-state index in [9.17, 15) is 0 Å². The lowest BCUT2D eigenvalue weighted by Crippen LogP contribution is -2.27. The zero-order chi connectivity index (χ0) is 20.8. The highest BCUT2D eigenvalue weighted by Crippen LogP contribution is 2.48. The molecule has 0 aliphatic heterocycles. The van der Waals surface area contributed by atoms with E-state index in [2.05, 4.69) is 80.3 Å². The van der Waals surface area contributed by atoms with Crippen LogP contribution in [0.15, 0.2) is 58.9 Å². The van der Waals surface area contributed by atoms with Gasteiger partial charge in [0.1, 0.15) is 0 Å². The minimum Gasteiger partial charge on any atom is -0.387 e. The van der Waals surface area contributed by atoms with E-state index in [-0.39, 0.29) is 5.41 Å². The first-order valence-electron chi connectivity index (χ1n) is 10.7. The summed E-state index contributed by atoms with van der Waals surface area (Å²) in [7, 11) is 0. The molecule has 2 atom stereocenters. The van der Waals surface area contributed by atoms with E-state index in [1.165, 1.54) is 24.0 Å². The van der Waals surface area contributed by atoms with Crippen LogP contribution >= 0.6 is 0 Å². The summed E-state index contributed by atoms with van der Waals surface area (Å²) in [5.41, 5.74) is 7.95. The van der Waals surface area contributed by atoms with Crippen LogP contribution in [0.4, 0.5) is 0 Å². The van der Waals surface area contributed by atoms with E-state index < -0.39 is 0 Å². The van der Waals surface area contributed by atoms with Gasteiger partial charge in [-0.15, -0.1) is 0 Å². The summed E-state index contributed by atoms with van der Waals surface area (Å²) in [6.07, 6.45) is 10.6. The molecule has 0 heterocycles. The highest BCUT2D eigenvalue weighted by molar-refractivity contribution is 5.50. The summed E-state index contributed by atoms with van der Waals surface area (Å²) in [5.74, 6) is 1.82. The van der Waals surface area contributed by atoms with Crippen molar-refractivity contribution in [1.29, 1.82) is 0 Å². The smallest absolute Gasteiger partial charge is 0.0394 e. The van der Waals surface area contributed by atoms with Crippen LogP contribution in [-0.2, 0) is 0 Å². The Morgan fingerprint density at radius 3 is 2.26 bits per heavy atom. The topological polar surface area (TPSA) is 12.0 Å². The summed E-state index contributed by atoms with van der Waals surface area (Å²) in [5, 5.41) is 3.41. The average molecular weight is 370 g/mol. The lowest BCUT2D eigenvalue weighted by molar-refractivity contribution is 0.358. The molecule has 0 fully saturated rings. The minimum absolute atomic E-state index is 0.213. The van der Waals surface area contributed by atoms with Crippen LogP contribution in [0.25, 0.3) is 0 Å². The second kappa shape index (κ2) is 10.2. The highest BCUT2D eigenvalue weighted by Gasteiger charge is 2.34. The number of rotatable bonds is 7. The second-order valence-electron chi connectivity index (χ2n) is 9.44. The summed E-state index contributed by atoms with van der Waals surface area (Å²) in [4.78, 5) is 0. The molecule has 1 nitrogen and oxygen atoms in total. The normalized spacial score (nSPS) is 23.1. The molecule has 152 valence electrons. The van der Waals surface area contributed by atoms with Gasteiger partial charge in [-0.3, -0.25) is 0 Å². The van der Waals surface area contributed by atoms with Gasteiger partial charge in [0.25, 0.3) is 0 Å². The van der Waals surface area contributed by atoms with E-state index in [4.69, 9.17) is 0 Å². The van der Waals surface area contributed by atoms with Crippen molar-refractivity contribution in [3.63, 3.8) is 0 Å². The Morgan fingerprint density at radius 2 is 1.78 bits per heavy atom. The van der Waals surface area contributed by atoms with Crippen molar-refractivity contribution in [1.82, 2.24) is 5.32 Å². The summed E-state index contributed by atoms with van der Waals surface area (Å²) in [6.45, 7) is 25.8. The van der Waals surface area contributed by atoms with E-state index in [1.807, 2.05) is 12.3 Å². The third-order valence-electron chi connectivity index (χ3n) is 5.86. The monoisotopic (exact) mass is 369 g/mol. The molecule has 1 heteroatoms. The number of allylic oxidation sites excluding steroid dienone is 6. The van der Waals surface area contributed by atoms with Crippen LogP contribution in [0, 0.1) is 23.2 Å². The summed E-state index contributed by atoms with van der Waals surface area (Å²) < 4.78 is 0. The van der Waals surface area contributed by atoms with Gasteiger partial charge in [-0.25, -0.2) is 0 Å². The molecule has 0 spiro atoms. The van der Waals surface area contributed by atoms with Gasteiger partial charge < -0.3 is 5.32 Å². The molecule has 0 aromatic rings. The fourth-order valence-corrected chi connectivity index (χ4v) is 4.75. The fourth-order valence-electron chi connectivity index (χ4n) is 4.75. The van der Waals surface area contributed by atoms with Gasteiger partial charge in [0.05, 0.1) is 0 Å². The van der Waals surface area contributed by atoms with Crippen molar-refractivity contribution in [2.24, 2.45) is 23.2 Å². The predicted octanol–water partition coefficient (Wildman–Crippen LogP) is 7.60. The van der Waals surface area contributed by atoms with Gasteiger partial charge in [0.15, 0.2) is 0 Å². The van der Waals surface area contributed by atoms with Gasteiger partial charge >= 0.3 is 0 Å². The molecule has 1 aliphatic rings. The summed E-state index contributed by atoms with van der Waals surface area (Å²) >= 11 is 0. The molecular formula is C26H43N. The maximum atomic E-state index is 3.74. The van der Waals surface area contributed by atoms with Crippen LogP contribution in [0.3, 0.4) is 0 Å². The maximum absolute atomic E-state index is 3.74. The van der Waals surface area contributed by atoms with Crippen LogP contribution in [0.2, 0.25) is 0 Å². The third kappa shape index (κ3) is 5.99. The molecule has 0 saturated heterocycles. The minimum atomic E-state index is 0.213. The first kappa shape index (κ1) is 23.5. The lowest BCUT2D eigenvalue weighted by atomic mass is 9.65. The van der Waals surface area contributed by atoms with E-state index in [0.717, 1.165) is 6.54 Å². The van der Waals surface area contributed by atoms with Crippen molar-refractivity contribution in [2.45, 2.75) is 75.2 Å². The maximum Gasteiger partial charge on any atom is 0.0394 e. The predicted molar refractivity (Wildman–Crippen MR) is 123 cm³/mol. The Hall–Kier alpha value is -1.50. The molecule has 0 bridgehead atoms. The van der Waals surface area contributed by atoms with Gasteiger partial charge in [-0.05, 0) is 84.4 Å². The molecule has 1 aliphatic carbocycles. The number of hydrogen-bond donors (Lipinski definition) is 1. The fraction of sp³-hybridized carbons (Fsp3) is 0.615. The zero-order valence-corrected chi connectivity index (χ0v) is 19.4. The second-order valence-corrected chi connectivity index (χ2v) is 9.44. The van der Waals surface area contributed by atoms with Crippen LogP contribution in [0.5, 0.6) is 0 Å². The molecule has 27 heavy (non-hydrogen) atoms. The highest BCUT2D eigenvalue weighted by atomic mass is 14.8. The SMILES string of the molecule is C=C/C=C/NCC(=C\C)/C(C)=C(/C1=C(C(C)(C)C)C(C)CCC1C)C(C)C. The molecule has 0 amide bonds. The Bertz CT molecular complexity index is 632. The van der Waals surface area contributed by atoms with Crippen LogP contribution in [-0.4, -0.2) is 6.54 Å². The van der Waals surface area contributed by atoms with Crippen molar-refractivity contribution in [3.05, 3.63) is 58.9 Å². The Morgan fingerprint density at radius 1 is 1.19 bits per heavy atom. The van der Waals surface area contributed by atoms with E-state index in [1.54, 1.807) is 22.8 Å². The van der Waals surface area contributed by atoms with Gasteiger partial charge in [0, 0.05) is 6.54 Å². The van der Waals surface area contributed by atoms with Gasteiger partial charge in [-0.1, -0.05) is 72.8 Å². The quantitative estimate of drug-likeness (QED) is 0.455. The van der Waals surface area contributed by atoms with E-state index in [0.29, 0.717) is 17.8 Å². The lowest BCUT2D eigenvalue weighted by Gasteiger charge is -2.40. The largest absolute Gasteiger partial charge is 0.387 e. The van der Waals surface area contributed by atoms with Crippen LogP contribution in [0.1, 0.15) is 75.2 Å². The van der Waals surface area contributed by atoms with Crippen molar-refractivity contribution < 1.29 is 0 Å². The Kier molecular flexibility index (Phi) is 8.85. The number of hydrogen-bond acceptors (Lipinski definition) is 1. The number of nitrogens with one attached hydrogen (secondary N) is 1. The van der Waals surface area contributed by atoms with Gasteiger partial charge in [0.2, 0.25) is 0 Å². The molecule has 0 aromatic carbocycles. The first-order chi connectivity index (χ1) is 12.6. The molecular weight excluding hydrogens is 326 g/mol. The first-order valence-corrected chi connectivity index (χ1v) is 10.7. The van der Waals surface area contributed by atoms with Crippen LogP contribution < -0.4 is 5.32 Å². The van der Waals surface area contributed by atoms with Gasteiger partial charge in [-0.2, -0.15) is 0 Å². The standard InChI is InChI=1S/C26H43N/c1-11-13-16-27-17-22(12-2)21(7)23(18(3)4)24-19(5)14-15-20(6)25(24)26(8,9)10/h11-13,16,18-20,27H,1,14-15,17H2,2-10H3/b16-13+,22-12+,23-21+. The van der Waals surface area contributed by atoms with Crippen molar-refractivity contribution in [3.8, 4) is 0 Å². The summed E-state index contributed by atoms with van der Waals surface area (Å²) in [6, 6.07) is 0. The zero-order valence-electron chi connectivity index (χ0n) is 19.4. The molecule has 0 saturated carbocycles. The molecule has 0 aromatic heterocycles.